The molecule has 0 spiro atoms. The van der Waals surface area contributed by atoms with Crippen LogP contribution < -0.4 is 23.8 Å². The topological polar surface area (TPSA) is 94.2 Å². The molecule has 0 atom stereocenters. The molecule has 1 aliphatic rings. The molecule has 0 fully saturated rings. The number of nitrogens with one attached hydrogen (secondary N) is 1. The molecule has 3 rings (SSSR count). The van der Waals surface area contributed by atoms with Crippen LogP contribution in [0.25, 0.3) is 0 Å². The fourth-order valence-electron chi connectivity index (χ4n) is 3.02. The van der Waals surface area contributed by atoms with Gasteiger partial charge >= 0.3 is 6.36 Å². The molecule has 2 aromatic carbocycles. The average Bonchev–Trinajstić information content (AvgIpc) is 2.70. The van der Waals surface area contributed by atoms with Crippen LogP contribution in [0.2, 0.25) is 0 Å². The van der Waals surface area contributed by atoms with Crippen molar-refractivity contribution in [3.63, 3.8) is 0 Å². The van der Waals surface area contributed by atoms with E-state index in [9.17, 15) is 26.4 Å². The standard InChI is InChI=1S/C20H21F3N2O6S/c1-32(27,28)25(15-6-9-17-18(13-15)30-12-11-29-17)10-2-3-19(26)24-14-4-7-16(8-5-14)31-20(21,22)23/h4-9,13H,2-3,10-12H2,1H3,(H,24,26). The minimum atomic E-state index is -4.80. The SMILES string of the molecule is CS(=O)(=O)N(CCCC(=O)Nc1ccc(OC(F)(F)F)cc1)c1ccc2c(c1)OCCO2. The molecule has 0 aliphatic carbocycles. The zero-order chi connectivity index (χ0) is 23.4. The Hall–Kier alpha value is -3.15. The first-order chi connectivity index (χ1) is 15.0. The number of carbonyl (C=O) groups excluding carboxylic acids is 1. The summed E-state index contributed by atoms with van der Waals surface area (Å²) in [6.07, 6.45) is -3.53. The number of ether oxygens (including phenoxy) is 3. The van der Waals surface area contributed by atoms with Gasteiger partial charge in [0.15, 0.2) is 11.5 Å². The second-order valence-corrected chi connectivity index (χ2v) is 8.79. The molecule has 0 aromatic heterocycles. The summed E-state index contributed by atoms with van der Waals surface area (Å²) in [5, 5.41) is 2.54. The van der Waals surface area contributed by atoms with E-state index in [1.165, 1.54) is 16.4 Å². The van der Waals surface area contributed by atoms with E-state index in [0.717, 1.165) is 18.4 Å². The third kappa shape index (κ3) is 6.67. The van der Waals surface area contributed by atoms with Crippen LogP contribution in [0.1, 0.15) is 12.8 Å². The summed E-state index contributed by atoms with van der Waals surface area (Å²) in [7, 11) is -3.62. The summed E-state index contributed by atoms with van der Waals surface area (Å²) in [5.41, 5.74) is 0.675. The molecule has 0 saturated carbocycles. The van der Waals surface area contributed by atoms with Crippen LogP contribution in [0, 0.1) is 0 Å². The maximum atomic E-state index is 12.3. The van der Waals surface area contributed by atoms with E-state index in [4.69, 9.17) is 9.47 Å². The van der Waals surface area contributed by atoms with Crippen LogP contribution in [-0.2, 0) is 14.8 Å². The van der Waals surface area contributed by atoms with E-state index < -0.39 is 28.0 Å². The van der Waals surface area contributed by atoms with Crippen molar-refractivity contribution >= 4 is 27.3 Å². The van der Waals surface area contributed by atoms with Gasteiger partial charge in [-0.2, -0.15) is 0 Å². The minimum Gasteiger partial charge on any atom is -0.486 e. The number of alkyl halides is 3. The maximum absolute atomic E-state index is 12.3. The van der Waals surface area contributed by atoms with Crippen LogP contribution in [0.3, 0.4) is 0 Å². The Labute approximate surface area is 182 Å². The van der Waals surface area contributed by atoms with Gasteiger partial charge in [-0.25, -0.2) is 8.42 Å². The van der Waals surface area contributed by atoms with Crippen molar-refractivity contribution in [1.82, 2.24) is 0 Å². The van der Waals surface area contributed by atoms with Crippen LogP contribution in [0.15, 0.2) is 42.5 Å². The number of rotatable bonds is 8. The first-order valence-corrected chi connectivity index (χ1v) is 11.4. The highest BCUT2D eigenvalue weighted by Gasteiger charge is 2.31. The molecule has 1 N–H and O–H groups in total. The lowest BCUT2D eigenvalue weighted by Crippen LogP contribution is -2.31. The number of hydrogen-bond acceptors (Lipinski definition) is 6. The first kappa shape index (κ1) is 23.5. The number of fused-ring (bicyclic) bond motifs is 1. The van der Waals surface area contributed by atoms with Gasteiger partial charge in [0, 0.05) is 24.7 Å². The van der Waals surface area contributed by atoms with Gasteiger partial charge in [-0.05, 0) is 42.8 Å². The van der Waals surface area contributed by atoms with Crippen LogP contribution >= 0.6 is 0 Å². The van der Waals surface area contributed by atoms with Crippen molar-refractivity contribution in [2.45, 2.75) is 19.2 Å². The van der Waals surface area contributed by atoms with E-state index in [1.54, 1.807) is 18.2 Å². The number of carbonyl (C=O) groups is 1. The lowest BCUT2D eigenvalue weighted by Gasteiger charge is -2.25. The molecule has 1 amide bonds. The summed E-state index contributed by atoms with van der Waals surface area (Å²) < 4.78 is 77.0. The van der Waals surface area contributed by atoms with Crippen LogP contribution in [0.5, 0.6) is 17.2 Å². The van der Waals surface area contributed by atoms with E-state index in [-0.39, 0.29) is 25.1 Å². The summed E-state index contributed by atoms with van der Waals surface area (Å²) in [6, 6.07) is 9.50. The monoisotopic (exact) mass is 474 g/mol. The highest BCUT2D eigenvalue weighted by atomic mass is 32.2. The molecular weight excluding hydrogens is 453 g/mol. The van der Waals surface area contributed by atoms with Gasteiger partial charge < -0.3 is 19.5 Å². The van der Waals surface area contributed by atoms with E-state index in [2.05, 4.69) is 10.1 Å². The van der Waals surface area contributed by atoms with Crippen molar-refractivity contribution in [3.05, 3.63) is 42.5 Å². The number of amides is 1. The number of nitrogens with zero attached hydrogens (tertiary/aromatic N) is 1. The number of hydrogen-bond donors (Lipinski definition) is 1. The quantitative estimate of drug-likeness (QED) is 0.629. The molecule has 12 heteroatoms. The number of anilines is 2. The van der Waals surface area contributed by atoms with E-state index in [0.29, 0.717) is 30.4 Å². The Morgan fingerprint density at radius 3 is 2.38 bits per heavy atom. The van der Waals surface area contributed by atoms with Gasteiger partial charge in [-0.1, -0.05) is 0 Å². The molecule has 0 radical (unpaired) electrons. The molecule has 1 heterocycles. The lowest BCUT2D eigenvalue weighted by molar-refractivity contribution is -0.274. The molecule has 0 unspecified atom stereocenters. The molecule has 0 bridgehead atoms. The molecular formula is C20H21F3N2O6S. The van der Waals surface area contributed by atoms with Gasteiger partial charge in [-0.15, -0.1) is 13.2 Å². The van der Waals surface area contributed by atoms with Gasteiger partial charge in [0.2, 0.25) is 15.9 Å². The number of sulfonamides is 1. The summed E-state index contributed by atoms with van der Waals surface area (Å²) in [6.45, 7) is 0.818. The molecule has 32 heavy (non-hydrogen) atoms. The van der Waals surface area contributed by atoms with Crippen molar-refractivity contribution < 1.29 is 40.6 Å². The van der Waals surface area contributed by atoms with Gasteiger partial charge in [-0.3, -0.25) is 9.10 Å². The summed E-state index contributed by atoms with van der Waals surface area (Å²) >= 11 is 0. The van der Waals surface area contributed by atoms with Crippen molar-refractivity contribution in [1.29, 1.82) is 0 Å². The van der Waals surface area contributed by atoms with Crippen molar-refractivity contribution in [3.8, 4) is 17.2 Å². The molecule has 0 saturated heterocycles. The highest BCUT2D eigenvalue weighted by Crippen LogP contribution is 2.34. The van der Waals surface area contributed by atoms with Crippen LogP contribution in [0.4, 0.5) is 24.5 Å². The average molecular weight is 474 g/mol. The lowest BCUT2D eigenvalue weighted by atomic mass is 10.2. The van der Waals surface area contributed by atoms with Crippen LogP contribution in [-0.4, -0.2) is 46.7 Å². The third-order valence-corrected chi connectivity index (χ3v) is 5.54. The minimum absolute atomic E-state index is 0.00260. The van der Waals surface area contributed by atoms with Gasteiger partial charge in [0.1, 0.15) is 19.0 Å². The van der Waals surface area contributed by atoms with Gasteiger partial charge in [0.05, 0.1) is 11.9 Å². The Kier molecular flexibility index (Phi) is 7.02. The van der Waals surface area contributed by atoms with Gasteiger partial charge in [0.25, 0.3) is 0 Å². The summed E-state index contributed by atoms with van der Waals surface area (Å²) in [4.78, 5) is 12.2. The predicted octanol–water partition coefficient (Wildman–Crippen LogP) is 3.54. The Balaban J connectivity index is 1.56. The Morgan fingerprint density at radius 2 is 1.75 bits per heavy atom. The molecule has 2 aromatic rings. The largest absolute Gasteiger partial charge is 0.573 e. The van der Waals surface area contributed by atoms with E-state index >= 15 is 0 Å². The summed E-state index contributed by atoms with van der Waals surface area (Å²) in [5.74, 6) is 0.154. The fraction of sp³-hybridized carbons (Fsp3) is 0.350. The third-order valence-electron chi connectivity index (χ3n) is 4.35. The van der Waals surface area contributed by atoms with Crippen molar-refractivity contribution in [2.75, 3.05) is 35.6 Å². The van der Waals surface area contributed by atoms with Crippen molar-refractivity contribution in [2.24, 2.45) is 0 Å². The zero-order valence-electron chi connectivity index (χ0n) is 17.0. The normalized spacial score (nSPS) is 13.4. The molecule has 1 aliphatic heterocycles. The highest BCUT2D eigenvalue weighted by molar-refractivity contribution is 7.92. The smallest absolute Gasteiger partial charge is 0.486 e. The molecule has 174 valence electrons. The second-order valence-electron chi connectivity index (χ2n) is 6.89. The Bertz CT molecular complexity index is 1060. The first-order valence-electron chi connectivity index (χ1n) is 9.54. The fourth-order valence-corrected chi connectivity index (χ4v) is 3.98. The second kappa shape index (κ2) is 9.55. The zero-order valence-corrected chi connectivity index (χ0v) is 17.8. The Morgan fingerprint density at radius 1 is 1.09 bits per heavy atom. The predicted molar refractivity (Wildman–Crippen MR) is 111 cm³/mol. The maximum Gasteiger partial charge on any atom is 0.573 e. The molecule has 8 nitrogen and oxygen atoms in total. The number of benzene rings is 2. The van der Waals surface area contributed by atoms with E-state index in [1.807, 2.05) is 0 Å². The number of halogens is 3.